The van der Waals surface area contributed by atoms with Gasteiger partial charge in [0.15, 0.2) is 0 Å². The molecule has 1 aliphatic heterocycles. The smallest absolute Gasteiger partial charge is 0.332 e. The minimum atomic E-state index is -0.473. The van der Waals surface area contributed by atoms with Crippen LogP contribution in [-0.4, -0.2) is 33.6 Å². The standard InChI is InChI=1S/C12H17N5O3/c1-6-9(17(18)19)11(16-12(13)14-6)15-8-4-5-20-10(8)7-2-3-7/h7-8,10H,2-5H2,1H3,(H3,13,14,15,16). The Balaban J connectivity index is 1.87. The number of ether oxygens (including phenoxy) is 1. The molecule has 3 N–H and O–H groups in total. The number of nitrogens with two attached hydrogens (primary N) is 1. The Morgan fingerprint density at radius 1 is 1.40 bits per heavy atom. The van der Waals surface area contributed by atoms with E-state index >= 15 is 0 Å². The highest BCUT2D eigenvalue weighted by molar-refractivity contribution is 5.60. The van der Waals surface area contributed by atoms with Crippen LogP contribution in [0.25, 0.3) is 0 Å². The third-order valence-corrected chi connectivity index (χ3v) is 3.80. The molecule has 8 heteroatoms. The Morgan fingerprint density at radius 3 is 2.80 bits per heavy atom. The summed E-state index contributed by atoms with van der Waals surface area (Å²) in [5, 5.41) is 14.3. The van der Waals surface area contributed by atoms with Crippen LogP contribution in [0.15, 0.2) is 0 Å². The van der Waals surface area contributed by atoms with E-state index in [1.54, 1.807) is 6.92 Å². The number of nitrogen functional groups attached to an aromatic ring is 1. The molecule has 20 heavy (non-hydrogen) atoms. The summed E-state index contributed by atoms with van der Waals surface area (Å²) < 4.78 is 5.72. The molecule has 0 bridgehead atoms. The molecular weight excluding hydrogens is 262 g/mol. The summed E-state index contributed by atoms with van der Waals surface area (Å²) in [4.78, 5) is 18.5. The number of hydrogen-bond acceptors (Lipinski definition) is 7. The van der Waals surface area contributed by atoms with E-state index in [0.717, 1.165) is 19.3 Å². The number of aryl methyl sites for hydroxylation is 1. The fourth-order valence-electron chi connectivity index (χ4n) is 2.74. The Kier molecular flexibility index (Phi) is 3.17. The average molecular weight is 279 g/mol. The van der Waals surface area contributed by atoms with Crippen molar-refractivity contribution in [1.82, 2.24) is 9.97 Å². The van der Waals surface area contributed by atoms with E-state index in [1.165, 1.54) is 0 Å². The molecule has 0 amide bonds. The summed E-state index contributed by atoms with van der Waals surface area (Å²) in [5.74, 6) is 0.799. The zero-order valence-corrected chi connectivity index (χ0v) is 11.2. The molecule has 2 atom stereocenters. The first-order valence-corrected chi connectivity index (χ1v) is 6.73. The lowest BCUT2D eigenvalue weighted by Crippen LogP contribution is -2.31. The molecule has 8 nitrogen and oxygen atoms in total. The Bertz CT molecular complexity index is 546. The van der Waals surface area contributed by atoms with Gasteiger partial charge >= 0.3 is 5.69 Å². The summed E-state index contributed by atoms with van der Waals surface area (Å²) >= 11 is 0. The molecule has 108 valence electrons. The van der Waals surface area contributed by atoms with Crippen molar-refractivity contribution in [2.24, 2.45) is 5.92 Å². The first kappa shape index (κ1) is 13.0. The van der Waals surface area contributed by atoms with Crippen LogP contribution in [0.4, 0.5) is 17.5 Å². The number of hydrogen-bond donors (Lipinski definition) is 2. The van der Waals surface area contributed by atoms with Crippen molar-refractivity contribution in [3.63, 3.8) is 0 Å². The molecule has 0 radical (unpaired) electrons. The van der Waals surface area contributed by atoms with Crippen molar-refractivity contribution in [2.75, 3.05) is 17.7 Å². The van der Waals surface area contributed by atoms with Crippen LogP contribution in [0.3, 0.4) is 0 Å². The SMILES string of the molecule is Cc1nc(N)nc(NC2CCOC2C2CC2)c1[N+](=O)[O-]. The first-order valence-electron chi connectivity index (χ1n) is 6.73. The lowest BCUT2D eigenvalue weighted by Gasteiger charge is -2.20. The van der Waals surface area contributed by atoms with Crippen LogP contribution in [0, 0.1) is 23.0 Å². The van der Waals surface area contributed by atoms with E-state index < -0.39 is 4.92 Å². The van der Waals surface area contributed by atoms with Gasteiger partial charge in [-0.2, -0.15) is 4.98 Å². The largest absolute Gasteiger partial charge is 0.376 e. The third-order valence-electron chi connectivity index (χ3n) is 3.80. The third kappa shape index (κ3) is 2.38. The van der Waals surface area contributed by atoms with Gasteiger partial charge in [-0.15, -0.1) is 0 Å². The first-order chi connectivity index (χ1) is 9.56. The van der Waals surface area contributed by atoms with Crippen LogP contribution < -0.4 is 11.1 Å². The fourth-order valence-corrected chi connectivity index (χ4v) is 2.74. The van der Waals surface area contributed by atoms with Gasteiger partial charge in [-0.05, 0) is 32.1 Å². The van der Waals surface area contributed by atoms with E-state index in [0.29, 0.717) is 12.5 Å². The van der Waals surface area contributed by atoms with Crippen molar-refractivity contribution in [1.29, 1.82) is 0 Å². The van der Waals surface area contributed by atoms with E-state index in [4.69, 9.17) is 10.5 Å². The highest BCUT2D eigenvalue weighted by Gasteiger charge is 2.41. The van der Waals surface area contributed by atoms with Crippen LogP contribution in [-0.2, 0) is 4.74 Å². The summed E-state index contributed by atoms with van der Waals surface area (Å²) in [6.45, 7) is 2.23. The molecule has 1 aliphatic carbocycles. The minimum absolute atomic E-state index is 0.0393. The van der Waals surface area contributed by atoms with Gasteiger partial charge in [0.2, 0.25) is 11.8 Å². The number of aromatic nitrogens is 2. The number of nitrogens with one attached hydrogen (secondary N) is 1. The fraction of sp³-hybridized carbons (Fsp3) is 0.667. The highest BCUT2D eigenvalue weighted by atomic mass is 16.6. The molecule has 1 aromatic heterocycles. The van der Waals surface area contributed by atoms with Gasteiger partial charge in [0.1, 0.15) is 5.69 Å². The van der Waals surface area contributed by atoms with Gasteiger partial charge in [0, 0.05) is 6.61 Å². The zero-order valence-electron chi connectivity index (χ0n) is 11.2. The van der Waals surface area contributed by atoms with E-state index in [2.05, 4.69) is 15.3 Å². The maximum Gasteiger partial charge on any atom is 0.332 e. The number of nitrogens with zero attached hydrogens (tertiary/aromatic N) is 3. The molecule has 1 saturated heterocycles. The maximum atomic E-state index is 11.2. The summed E-state index contributed by atoms with van der Waals surface area (Å²) in [6.07, 6.45) is 3.26. The molecule has 0 spiro atoms. The van der Waals surface area contributed by atoms with Gasteiger partial charge < -0.3 is 15.8 Å². The van der Waals surface area contributed by atoms with Gasteiger partial charge in [-0.3, -0.25) is 10.1 Å². The van der Waals surface area contributed by atoms with Crippen molar-refractivity contribution in [3.8, 4) is 0 Å². The Morgan fingerprint density at radius 2 is 2.15 bits per heavy atom. The number of rotatable bonds is 4. The van der Waals surface area contributed by atoms with Crippen LogP contribution in [0.2, 0.25) is 0 Å². The van der Waals surface area contributed by atoms with Crippen molar-refractivity contribution in [2.45, 2.75) is 38.3 Å². The lowest BCUT2D eigenvalue weighted by molar-refractivity contribution is -0.385. The second-order valence-corrected chi connectivity index (χ2v) is 5.33. The van der Waals surface area contributed by atoms with Crippen LogP contribution in [0.5, 0.6) is 0 Å². The molecule has 2 heterocycles. The van der Waals surface area contributed by atoms with Crippen LogP contribution in [0.1, 0.15) is 25.0 Å². The monoisotopic (exact) mass is 279 g/mol. The lowest BCUT2D eigenvalue weighted by atomic mass is 10.1. The second-order valence-electron chi connectivity index (χ2n) is 5.33. The number of anilines is 2. The summed E-state index contributed by atoms with van der Waals surface area (Å²) in [6, 6.07) is 0.0508. The summed E-state index contributed by atoms with van der Waals surface area (Å²) in [7, 11) is 0. The predicted octanol–water partition coefficient (Wildman–Crippen LogP) is 1.25. The highest BCUT2D eigenvalue weighted by Crippen LogP contribution is 2.40. The normalized spacial score (nSPS) is 25.6. The topological polar surface area (TPSA) is 116 Å². The Hall–Kier alpha value is -1.96. The second kappa shape index (κ2) is 4.86. The molecule has 3 rings (SSSR count). The molecule has 0 aromatic carbocycles. The number of nitro groups is 1. The molecule has 2 fully saturated rings. The quantitative estimate of drug-likeness (QED) is 0.629. The van der Waals surface area contributed by atoms with E-state index in [9.17, 15) is 10.1 Å². The van der Waals surface area contributed by atoms with E-state index in [-0.39, 0.29) is 35.3 Å². The maximum absolute atomic E-state index is 11.2. The molecular formula is C12H17N5O3. The van der Waals surface area contributed by atoms with Gasteiger partial charge in [0.25, 0.3) is 0 Å². The van der Waals surface area contributed by atoms with Gasteiger partial charge in [-0.1, -0.05) is 0 Å². The molecule has 2 aliphatic rings. The molecule has 2 unspecified atom stereocenters. The van der Waals surface area contributed by atoms with Crippen molar-refractivity contribution < 1.29 is 9.66 Å². The zero-order chi connectivity index (χ0) is 14.3. The van der Waals surface area contributed by atoms with Gasteiger partial charge in [-0.25, -0.2) is 4.98 Å². The van der Waals surface area contributed by atoms with Crippen molar-refractivity contribution >= 4 is 17.5 Å². The average Bonchev–Trinajstić information content (AvgIpc) is 3.09. The minimum Gasteiger partial charge on any atom is -0.376 e. The van der Waals surface area contributed by atoms with Crippen molar-refractivity contribution in [3.05, 3.63) is 15.8 Å². The molecule has 1 aromatic rings. The molecule has 1 saturated carbocycles. The Labute approximate surface area is 115 Å². The van der Waals surface area contributed by atoms with Crippen LogP contribution >= 0.6 is 0 Å². The predicted molar refractivity (Wildman–Crippen MR) is 72.3 cm³/mol. The summed E-state index contributed by atoms with van der Waals surface area (Å²) in [5.41, 5.74) is 5.75. The van der Waals surface area contributed by atoms with Gasteiger partial charge in [0.05, 0.1) is 17.1 Å². The van der Waals surface area contributed by atoms with E-state index in [1.807, 2.05) is 0 Å².